The highest BCUT2D eigenvalue weighted by Crippen LogP contribution is 2.26. The first-order valence-corrected chi connectivity index (χ1v) is 7.15. The molecule has 0 spiro atoms. The molecule has 3 heterocycles. The molecule has 0 saturated carbocycles. The minimum Gasteiger partial charge on any atom is -0.337 e. The molecule has 0 aliphatic rings. The Balaban J connectivity index is 1.76. The number of benzene rings is 1. The standard InChI is InChI=1S/C14H13N9O/c1-8-3-4-10(9(2)5-8)17-11-12(20-23-6-15-16-7-23)19-14-13(18-11)21-24-22-14/h3-7H,1-2H3,(H,17,18,21)(H,19,20,22). The molecule has 0 fully saturated rings. The van der Waals surface area contributed by atoms with Crippen LogP contribution in [0.2, 0.25) is 0 Å². The van der Waals surface area contributed by atoms with Crippen LogP contribution in [-0.4, -0.2) is 35.2 Å². The van der Waals surface area contributed by atoms with Gasteiger partial charge in [-0.15, -0.1) is 10.2 Å². The van der Waals surface area contributed by atoms with E-state index in [-0.39, 0.29) is 0 Å². The predicted molar refractivity (Wildman–Crippen MR) is 85.6 cm³/mol. The zero-order valence-electron chi connectivity index (χ0n) is 12.9. The van der Waals surface area contributed by atoms with Crippen molar-refractivity contribution in [3.05, 3.63) is 42.0 Å². The fraction of sp³-hybridized carbons (Fsp3) is 0.143. The van der Waals surface area contributed by atoms with Crippen LogP contribution < -0.4 is 10.7 Å². The second-order valence-electron chi connectivity index (χ2n) is 5.26. The average molecular weight is 323 g/mol. The van der Waals surface area contributed by atoms with Gasteiger partial charge in [-0.05, 0) is 35.8 Å². The molecule has 120 valence electrons. The highest BCUT2D eigenvalue weighted by atomic mass is 16.6. The van der Waals surface area contributed by atoms with Crippen molar-refractivity contribution in [2.24, 2.45) is 0 Å². The van der Waals surface area contributed by atoms with Crippen molar-refractivity contribution in [3.63, 3.8) is 0 Å². The van der Waals surface area contributed by atoms with E-state index in [1.807, 2.05) is 26.0 Å². The number of hydrogen-bond donors (Lipinski definition) is 2. The van der Waals surface area contributed by atoms with Crippen molar-refractivity contribution in [1.82, 2.24) is 35.2 Å². The molecule has 10 nitrogen and oxygen atoms in total. The highest BCUT2D eigenvalue weighted by molar-refractivity contribution is 5.77. The third-order valence-corrected chi connectivity index (χ3v) is 3.40. The number of aromatic nitrogens is 7. The Morgan fingerprint density at radius 1 is 0.958 bits per heavy atom. The number of fused-ring (bicyclic) bond motifs is 1. The second kappa shape index (κ2) is 5.57. The number of hydrogen-bond acceptors (Lipinski definition) is 9. The molecule has 0 unspecified atom stereocenters. The van der Waals surface area contributed by atoms with E-state index in [4.69, 9.17) is 0 Å². The van der Waals surface area contributed by atoms with Gasteiger partial charge in [0.1, 0.15) is 12.7 Å². The first kappa shape index (κ1) is 14.1. The molecule has 4 aromatic rings. The molecule has 1 aromatic carbocycles. The first-order valence-electron chi connectivity index (χ1n) is 7.15. The number of aryl methyl sites for hydroxylation is 2. The molecule has 4 rings (SSSR count). The van der Waals surface area contributed by atoms with E-state index in [2.05, 4.69) is 51.9 Å². The monoisotopic (exact) mass is 323 g/mol. The van der Waals surface area contributed by atoms with E-state index in [0.29, 0.717) is 22.9 Å². The third kappa shape index (κ3) is 2.60. The summed E-state index contributed by atoms with van der Waals surface area (Å²) in [5.41, 5.74) is 6.84. The van der Waals surface area contributed by atoms with Crippen LogP contribution in [-0.2, 0) is 0 Å². The van der Waals surface area contributed by atoms with Crippen LogP contribution in [0.3, 0.4) is 0 Å². The van der Waals surface area contributed by atoms with E-state index in [9.17, 15) is 0 Å². The van der Waals surface area contributed by atoms with Gasteiger partial charge in [0, 0.05) is 5.69 Å². The van der Waals surface area contributed by atoms with Crippen molar-refractivity contribution >= 4 is 28.6 Å². The van der Waals surface area contributed by atoms with E-state index < -0.39 is 0 Å². The average Bonchev–Trinajstić information content (AvgIpc) is 3.21. The molecule has 24 heavy (non-hydrogen) atoms. The molecule has 0 bridgehead atoms. The van der Waals surface area contributed by atoms with Gasteiger partial charge in [0.15, 0.2) is 11.6 Å². The molecule has 0 saturated heterocycles. The van der Waals surface area contributed by atoms with Gasteiger partial charge < -0.3 is 5.32 Å². The molecule has 0 aliphatic heterocycles. The summed E-state index contributed by atoms with van der Waals surface area (Å²) in [5, 5.41) is 18.2. The number of rotatable bonds is 4. The summed E-state index contributed by atoms with van der Waals surface area (Å²) in [5.74, 6) is 0.928. The highest BCUT2D eigenvalue weighted by Gasteiger charge is 2.14. The smallest absolute Gasteiger partial charge is 0.245 e. The van der Waals surface area contributed by atoms with Crippen LogP contribution in [0.5, 0.6) is 0 Å². The Labute approximate surface area is 135 Å². The van der Waals surface area contributed by atoms with E-state index in [1.54, 1.807) is 4.68 Å². The first-order chi connectivity index (χ1) is 11.7. The summed E-state index contributed by atoms with van der Waals surface area (Å²) in [6.07, 6.45) is 3.02. The molecular formula is C14H13N9O. The maximum atomic E-state index is 4.69. The van der Waals surface area contributed by atoms with Gasteiger partial charge >= 0.3 is 0 Å². The fourth-order valence-corrected chi connectivity index (χ4v) is 2.27. The largest absolute Gasteiger partial charge is 0.337 e. The topological polar surface area (TPSA) is 119 Å². The Bertz CT molecular complexity index is 993. The molecular weight excluding hydrogens is 310 g/mol. The minimum atomic E-state index is 0.303. The Morgan fingerprint density at radius 2 is 1.67 bits per heavy atom. The van der Waals surface area contributed by atoms with Crippen molar-refractivity contribution in [1.29, 1.82) is 0 Å². The zero-order valence-corrected chi connectivity index (χ0v) is 12.9. The van der Waals surface area contributed by atoms with Gasteiger partial charge in [-0.1, -0.05) is 17.7 Å². The number of nitrogens with zero attached hydrogens (tertiary/aromatic N) is 7. The van der Waals surface area contributed by atoms with Crippen LogP contribution in [0.4, 0.5) is 17.3 Å². The van der Waals surface area contributed by atoms with Crippen molar-refractivity contribution < 1.29 is 4.63 Å². The van der Waals surface area contributed by atoms with Gasteiger partial charge in [0.2, 0.25) is 11.3 Å². The van der Waals surface area contributed by atoms with Gasteiger partial charge in [0.05, 0.1) is 0 Å². The fourth-order valence-electron chi connectivity index (χ4n) is 2.27. The van der Waals surface area contributed by atoms with Gasteiger partial charge in [-0.3, -0.25) is 5.43 Å². The van der Waals surface area contributed by atoms with Crippen LogP contribution >= 0.6 is 0 Å². The lowest BCUT2D eigenvalue weighted by molar-refractivity contribution is 0.314. The van der Waals surface area contributed by atoms with E-state index >= 15 is 0 Å². The SMILES string of the molecule is Cc1ccc(Nc2nc3nonc3nc2Nn2cnnc2)c(C)c1. The summed E-state index contributed by atoms with van der Waals surface area (Å²) < 4.78 is 6.24. The lowest BCUT2D eigenvalue weighted by Gasteiger charge is -2.13. The molecule has 10 heteroatoms. The number of nitrogens with one attached hydrogen (secondary N) is 2. The lowest BCUT2D eigenvalue weighted by Crippen LogP contribution is -2.11. The predicted octanol–water partition coefficient (Wildman–Crippen LogP) is 1.84. The molecule has 0 aliphatic carbocycles. The summed E-state index contributed by atoms with van der Waals surface area (Å²) in [4.78, 5) is 8.79. The van der Waals surface area contributed by atoms with E-state index in [1.165, 1.54) is 18.2 Å². The molecule has 0 radical (unpaired) electrons. The Kier molecular flexibility index (Phi) is 3.26. The summed E-state index contributed by atoms with van der Waals surface area (Å²) in [6, 6.07) is 6.09. The minimum absolute atomic E-state index is 0.303. The van der Waals surface area contributed by atoms with Crippen LogP contribution in [0.1, 0.15) is 11.1 Å². The van der Waals surface area contributed by atoms with Crippen LogP contribution in [0.25, 0.3) is 11.3 Å². The maximum Gasteiger partial charge on any atom is 0.245 e. The van der Waals surface area contributed by atoms with Crippen LogP contribution in [0, 0.1) is 13.8 Å². The number of anilines is 3. The second-order valence-corrected chi connectivity index (χ2v) is 5.26. The summed E-state index contributed by atoms with van der Waals surface area (Å²) in [6.45, 7) is 4.06. The summed E-state index contributed by atoms with van der Waals surface area (Å²) in [7, 11) is 0. The third-order valence-electron chi connectivity index (χ3n) is 3.40. The molecule has 2 N–H and O–H groups in total. The lowest BCUT2D eigenvalue weighted by atomic mass is 10.1. The van der Waals surface area contributed by atoms with Gasteiger partial charge in [0.25, 0.3) is 0 Å². The van der Waals surface area contributed by atoms with Crippen molar-refractivity contribution in [3.8, 4) is 0 Å². The maximum absolute atomic E-state index is 4.69. The van der Waals surface area contributed by atoms with Crippen molar-refractivity contribution in [2.75, 3.05) is 10.7 Å². The summed E-state index contributed by atoms with van der Waals surface area (Å²) >= 11 is 0. The molecule has 0 amide bonds. The van der Waals surface area contributed by atoms with Gasteiger partial charge in [-0.25, -0.2) is 14.3 Å². The quantitative estimate of drug-likeness (QED) is 0.579. The van der Waals surface area contributed by atoms with Crippen molar-refractivity contribution in [2.45, 2.75) is 13.8 Å². The molecule has 3 aromatic heterocycles. The van der Waals surface area contributed by atoms with E-state index in [0.717, 1.165) is 11.3 Å². The molecule has 0 atom stereocenters. The zero-order chi connectivity index (χ0) is 16.5. The van der Waals surface area contributed by atoms with Gasteiger partial charge in [-0.2, -0.15) is 4.98 Å². The normalized spacial score (nSPS) is 10.9. The Morgan fingerprint density at radius 3 is 2.38 bits per heavy atom. The Hall–Kier alpha value is -3.56. The van der Waals surface area contributed by atoms with Crippen LogP contribution in [0.15, 0.2) is 35.5 Å².